The van der Waals surface area contributed by atoms with E-state index in [1.165, 1.54) is 32.8 Å². The number of esters is 1. The van der Waals surface area contributed by atoms with Gasteiger partial charge < -0.3 is 9.72 Å². The first-order chi connectivity index (χ1) is 9.69. The van der Waals surface area contributed by atoms with Crippen molar-refractivity contribution in [3.05, 3.63) is 29.6 Å². The van der Waals surface area contributed by atoms with Crippen LogP contribution in [0, 0.1) is 5.92 Å². The number of aromatic amines is 1. The monoisotopic (exact) mass is 272 g/mol. The minimum atomic E-state index is -0.328. The molecule has 20 heavy (non-hydrogen) atoms. The molecule has 0 atom stereocenters. The van der Waals surface area contributed by atoms with Crippen LogP contribution in [-0.4, -0.2) is 23.0 Å². The van der Waals surface area contributed by atoms with E-state index < -0.39 is 0 Å². The van der Waals surface area contributed by atoms with E-state index in [9.17, 15) is 4.79 Å². The van der Waals surface area contributed by atoms with Crippen molar-refractivity contribution in [3.8, 4) is 0 Å². The number of hydrogen-bond donors (Lipinski definition) is 1. The molecule has 3 rings (SSSR count). The Balaban J connectivity index is 1.96. The van der Waals surface area contributed by atoms with Crippen molar-refractivity contribution in [2.75, 3.05) is 7.11 Å². The molecule has 0 saturated heterocycles. The van der Waals surface area contributed by atoms with E-state index in [1.807, 2.05) is 12.1 Å². The molecule has 4 heteroatoms. The number of aromatic nitrogens is 2. The van der Waals surface area contributed by atoms with Crippen LogP contribution in [0.3, 0.4) is 0 Å². The predicted molar refractivity (Wildman–Crippen MR) is 77.8 cm³/mol. The standard InChI is InChI=1S/C16H20N2O2/c1-10-6-8-11(9-7-10)15-17-13-5-3-4-12(14(13)18-15)16(19)20-2/h3-5,10-11H,6-9H2,1-2H3,(H,17,18). The summed E-state index contributed by atoms with van der Waals surface area (Å²) in [6.07, 6.45) is 4.86. The summed E-state index contributed by atoms with van der Waals surface area (Å²) in [5.74, 6) is 2.00. The van der Waals surface area contributed by atoms with Crippen LogP contribution < -0.4 is 0 Å². The van der Waals surface area contributed by atoms with Gasteiger partial charge in [-0.1, -0.05) is 25.8 Å². The molecule has 0 bridgehead atoms. The van der Waals surface area contributed by atoms with Gasteiger partial charge in [-0.3, -0.25) is 0 Å². The van der Waals surface area contributed by atoms with E-state index in [-0.39, 0.29) is 5.97 Å². The molecule has 1 aromatic carbocycles. The van der Waals surface area contributed by atoms with Gasteiger partial charge in [-0.2, -0.15) is 0 Å². The zero-order valence-electron chi connectivity index (χ0n) is 12.0. The van der Waals surface area contributed by atoms with E-state index in [0.29, 0.717) is 11.5 Å². The van der Waals surface area contributed by atoms with E-state index in [0.717, 1.165) is 22.8 Å². The zero-order chi connectivity index (χ0) is 14.1. The van der Waals surface area contributed by atoms with Gasteiger partial charge in [0.1, 0.15) is 11.3 Å². The summed E-state index contributed by atoms with van der Waals surface area (Å²) in [7, 11) is 1.40. The molecule has 1 aliphatic rings. The molecule has 0 radical (unpaired) electrons. The summed E-state index contributed by atoms with van der Waals surface area (Å²) in [6, 6.07) is 5.59. The third-order valence-corrected chi connectivity index (χ3v) is 4.34. The lowest BCUT2D eigenvalue weighted by Crippen LogP contribution is -2.11. The van der Waals surface area contributed by atoms with Crippen LogP contribution in [0.5, 0.6) is 0 Å². The number of carbonyl (C=O) groups is 1. The first-order valence-corrected chi connectivity index (χ1v) is 7.26. The third-order valence-electron chi connectivity index (χ3n) is 4.34. The maximum atomic E-state index is 11.8. The number of hydrogen-bond acceptors (Lipinski definition) is 3. The van der Waals surface area contributed by atoms with Gasteiger partial charge >= 0.3 is 5.97 Å². The Morgan fingerprint density at radius 1 is 1.30 bits per heavy atom. The van der Waals surface area contributed by atoms with Crippen molar-refractivity contribution in [2.45, 2.75) is 38.5 Å². The van der Waals surface area contributed by atoms with Gasteiger partial charge in [0.15, 0.2) is 0 Å². The smallest absolute Gasteiger partial charge is 0.340 e. The van der Waals surface area contributed by atoms with E-state index in [2.05, 4.69) is 16.9 Å². The Morgan fingerprint density at radius 2 is 2.05 bits per heavy atom. The molecule has 1 aliphatic carbocycles. The molecule has 0 unspecified atom stereocenters. The first-order valence-electron chi connectivity index (χ1n) is 7.26. The molecule has 1 N–H and O–H groups in total. The molecule has 1 heterocycles. The quantitative estimate of drug-likeness (QED) is 0.849. The molecule has 1 fully saturated rings. The molecule has 0 spiro atoms. The summed E-state index contributed by atoms with van der Waals surface area (Å²) in [6.45, 7) is 2.31. The second kappa shape index (κ2) is 5.27. The number of ether oxygens (including phenoxy) is 1. The number of nitrogens with zero attached hydrogens (tertiary/aromatic N) is 1. The highest BCUT2D eigenvalue weighted by molar-refractivity contribution is 6.01. The summed E-state index contributed by atoms with van der Waals surface area (Å²) < 4.78 is 4.82. The van der Waals surface area contributed by atoms with Crippen LogP contribution >= 0.6 is 0 Å². The maximum absolute atomic E-state index is 11.8. The molecular weight excluding hydrogens is 252 g/mol. The van der Waals surface area contributed by atoms with E-state index in [4.69, 9.17) is 4.74 Å². The summed E-state index contributed by atoms with van der Waals surface area (Å²) in [5.41, 5.74) is 2.19. The van der Waals surface area contributed by atoms with Gasteiger partial charge in [0.2, 0.25) is 0 Å². The highest BCUT2D eigenvalue weighted by Crippen LogP contribution is 2.35. The molecular formula is C16H20N2O2. The lowest BCUT2D eigenvalue weighted by Gasteiger charge is -2.24. The van der Waals surface area contributed by atoms with E-state index in [1.54, 1.807) is 6.07 Å². The van der Waals surface area contributed by atoms with Gasteiger partial charge in [-0.25, -0.2) is 9.78 Å². The largest absolute Gasteiger partial charge is 0.465 e. The third kappa shape index (κ3) is 2.30. The second-order valence-corrected chi connectivity index (χ2v) is 5.77. The maximum Gasteiger partial charge on any atom is 0.340 e. The average molecular weight is 272 g/mol. The average Bonchev–Trinajstić information content (AvgIpc) is 2.91. The van der Waals surface area contributed by atoms with Crippen LogP contribution in [0.2, 0.25) is 0 Å². The van der Waals surface area contributed by atoms with Crippen molar-refractivity contribution >= 4 is 17.0 Å². The first kappa shape index (κ1) is 13.2. The molecule has 1 aromatic heterocycles. The number of para-hydroxylation sites is 1. The number of carbonyl (C=O) groups excluding carboxylic acids is 1. The summed E-state index contributed by atoms with van der Waals surface area (Å²) in [4.78, 5) is 19.8. The number of nitrogens with one attached hydrogen (secondary N) is 1. The Hall–Kier alpha value is -1.84. The van der Waals surface area contributed by atoms with Gasteiger partial charge in [-0.15, -0.1) is 0 Å². The number of methoxy groups -OCH3 is 1. The lowest BCUT2D eigenvalue weighted by molar-refractivity contribution is 0.0603. The Kier molecular flexibility index (Phi) is 3.47. The van der Waals surface area contributed by atoms with Crippen molar-refractivity contribution < 1.29 is 9.53 Å². The molecule has 2 aromatic rings. The zero-order valence-corrected chi connectivity index (χ0v) is 12.0. The second-order valence-electron chi connectivity index (χ2n) is 5.77. The van der Waals surface area contributed by atoms with Crippen LogP contribution in [0.4, 0.5) is 0 Å². The topological polar surface area (TPSA) is 55.0 Å². The predicted octanol–water partition coefficient (Wildman–Crippen LogP) is 3.64. The highest BCUT2D eigenvalue weighted by atomic mass is 16.5. The van der Waals surface area contributed by atoms with Gasteiger partial charge in [0.05, 0.1) is 18.2 Å². The van der Waals surface area contributed by atoms with Gasteiger partial charge in [-0.05, 0) is 30.9 Å². The van der Waals surface area contributed by atoms with Crippen molar-refractivity contribution in [3.63, 3.8) is 0 Å². The SMILES string of the molecule is COC(=O)c1cccc2[nH]c(C3CCC(C)CC3)nc12. The van der Waals surface area contributed by atoms with Gasteiger partial charge in [0, 0.05) is 5.92 Å². The van der Waals surface area contributed by atoms with Gasteiger partial charge in [0.25, 0.3) is 0 Å². The number of fused-ring (bicyclic) bond motifs is 1. The molecule has 106 valence electrons. The Morgan fingerprint density at radius 3 is 2.75 bits per heavy atom. The van der Waals surface area contributed by atoms with Crippen LogP contribution in [0.1, 0.15) is 54.7 Å². The minimum Gasteiger partial charge on any atom is -0.465 e. The normalized spacial score (nSPS) is 22.9. The Bertz CT molecular complexity index is 624. The Labute approximate surface area is 118 Å². The van der Waals surface area contributed by atoms with Crippen molar-refractivity contribution in [1.82, 2.24) is 9.97 Å². The summed E-state index contributed by atoms with van der Waals surface area (Å²) in [5, 5.41) is 0. The molecule has 4 nitrogen and oxygen atoms in total. The fourth-order valence-electron chi connectivity index (χ4n) is 3.05. The fourth-order valence-corrected chi connectivity index (χ4v) is 3.05. The molecule has 1 saturated carbocycles. The van der Waals surface area contributed by atoms with E-state index >= 15 is 0 Å². The lowest BCUT2D eigenvalue weighted by atomic mass is 9.83. The number of imidazole rings is 1. The fraction of sp³-hybridized carbons (Fsp3) is 0.500. The minimum absolute atomic E-state index is 0.328. The number of H-pyrrole nitrogens is 1. The highest BCUT2D eigenvalue weighted by Gasteiger charge is 2.23. The number of benzene rings is 1. The number of rotatable bonds is 2. The molecule has 0 aliphatic heterocycles. The van der Waals surface area contributed by atoms with Crippen LogP contribution in [-0.2, 0) is 4.74 Å². The molecule has 0 amide bonds. The van der Waals surface area contributed by atoms with Crippen LogP contribution in [0.15, 0.2) is 18.2 Å². The van der Waals surface area contributed by atoms with Crippen molar-refractivity contribution in [1.29, 1.82) is 0 Å². The summed E-state index contributed by atoms with van der Waals surface area (Å²) >= 11 is 0. The van der Waals surface area contributed by atoms with Crippen molar-refractivity contribution in [2.24, 2.45) is 5.92 Å². The van der Waals surface area contributed by atoms with Crippen LogP contribution in [0.25, 0.3) is 11.0 Å².